The van der Waals surface area contributed by atoms with Crippen molar-refractivity contribution in [2.24, 2.45) is 0 Å². The summed E-state index contributed by atoms with van der Waals surface area (Å²) in [5, 5.41) is 10.2. The topological polar surface area (TPSA) is 91.8 Å². The molecular formula is C23H30ClN3O4S. The minimum absolute atomic E-state index is 0.0462. The Hall–Kier alpha value is -1.87. The number of aromatic hydroxyl groups is 1. The highest BCUT2D eigenvalue weighted by molar-refractivity contribution is 7.88. The minimum atomic E-state index is -3.37. The summed E-state index contributed by atoms with van der Waals surface area (Å²) in [4.78, 5) is 6.34. The SMILES string of the molecule is CS(=O)(=O)N[C@H]1CCN(c2cc(O)c(Cl)cn2)[C@H]1COC1CCC(c2ccccc2)CC1. The third-order valence-electron chi connectivity index (χ3n) is 6.47. The molecule has 0 radical (unpaired) electrons. The number of benzene rings is 1. The van der Waals surface area contributed by atoms with Crippen molar-refractivity contribution < 1.29 is 18.3 Å². The van der Waals surface area contributed by atoms with Crippen LogP contribution in [0.15, 0.2) is 42.6 Å². The van der Waals surface area contributed by atoms with E-state index >= 15 is 0 Å². The fourth-order valence-electron chi connectivity index (χ4n) is 4.85. The van der Waals surface area contributed by atoms with E-state index < -0.39 is 10.0 Å². The van der Waals surface area contributed by atoms with Crippen LogP contribution in [0.3, 0.4) is 0 Å². The first-order chi connectivity index (χ1) is 15.3. The van der Waals surface area contributed by atoms with Gasteiger partial charge < -0.3 is 14.7 Å². The predicted octanol–water partition coefficient (Wildman–Crippen LogP) is 3.68. The van der Waals surface area contributed by atoms with E-state index in [2.05, 4.69) is 34.0 Å². The van der Waals surface area contributed by atoms with Crippen LogP contribution in [0.25, 0.3) is 0 Å². The number of nitrogens with one attached hydrogen (secondary N) is 1. The molecule has 174 valence electrons. The van der Waals surface area contributed by atoms with Crippen LogP contribution in [0, 0.1) is 0 Å². The maximum Gasteiger partial charge on any atom is 0.209 e. The van der Waals surface area contributed by atoms with Crippen molar-refractivity contribution in [2.45, 2.75) is 56.2 Å². The number of aromatic nitrogens is 1. The van der Waals surface area contributed by atoms with E-state index in [4.69, 9.17) is 16.3 Å². The lowest BCUT2D eigenvalue weighted by Gasteiger charge is -2.33. The van der Waals surface area contributed by atoms with Gasteiger partial charge in [0.25, 0.3) is 0 Å². The Balaban J connectivity index is 1.41. The largest absolute Gasteiger partial charge is 0.506 e. The summed E-state index contributed by atoms with van der Waals surface area (Å²) < 4.78 is 32.9. The number of rotatable bonds is 7. The molecule has 2 atom stereocenters. The highest BCUT2D eigenvalue weighted by Gasteiger charge is 2.37. The maximum absolute atomic E-state index is 11.9. The Kier molecular flexibility index (Phi) is 7.24. The average molecular weight is 480 g/mol. The van der Waals surface area contributed by atoms with Crippen LogP contribution in [0.2, 0.25) is 5.02 Å². The zero-order chi connectivity index (χ0) is 22.7. The summed E-state index contributed by atoms with van der Waals surface area (Å²) >= 11 is 5.91. The van der Waals surface area contributed by atoms with Gasteiger partial charge in [-0.3, -0.25) is 0 Å². The molecule has 2 aliphatic rings. The third-order valence-corrected chi connectivity index (χ3v) is 7.50. The van der Waals surface area contributed by atoms with Gasteiger partial charge in [0.1, 0.15) is 16.6 Å². The van der Waals surface area contributed by atoms with E-state index in [0.29, 0.717) is 31.3 Å². The first kappa shape index (κ1) is 23.3. The van der Waals surface area contributed by atoms with Gasteiger partial charge in [0.2, 0.25) is 10.0 Å². The number of hydrogen-bond donors (Lipinski definition) is 2. The number of anilines is 1. The summed E-state index contributed by atoms with van der Waals surface area (Å²) in [6.45, 7) is 0.995. The smallest absolute Gasteiger partial charge is 0.209 e. The van der Waals surface area contributed by atoms with E-state index in [0.717, 1.165) is 25.7 Å². The molecule has 0 amide bonds. The van der Waals surface area contributed by atoms with Crippen molar-refractivity contribution in [3.05, 3.63) is 53.2 Å². The fourth-order valence-corrected chi connectivity index (χ4v) is 5.78. The second-order valence-electron chi connectivity index (χ2n) is 8.76. The highest BCUT2D eigenvalue weighted by Crippen LogP contribution is 2.35. The van der Waals surface area contributed by atoms with Crippen molar-refractivity contribution >= 4 is 27.4 Å². The Morgan fingerprint density at radius 3 is 2.56 bits per heavy atom. The molecule has 1 saturated heterocycles. The molecule has 1 saturated carbocycles. The summed E-state index contributed by atoms with van der Waals surface area (Å²) in [6, 6.07) is 11.6. The van der Waals surface area contributed by atoms with Gasteiger partial charge in [-0.15, -0.1) is 0 Å². The van der Waals surface area contributed by atoms with Crippen LogP contribution < -0.4 is 9.62 Å². The summed E-state index contributed by atoms with van der Waals surface area (Å²) in [6.07, 6.45) is 7.50. The van der Waals surface area contributed by atoms with Gasteiger partial charge in [-0.05, 0) is 43.6 Å². The second kappa shape index (κ2) is 9.95. The normalized spacial score (nSPS) is 26.4. The van der Waals surface area contributed by atoms with Gasteiger partial charge >= 0.3 is 0 Å². The van der Waals surface area contributed by atoms with Crippen LogP contribution in [0.1, 0.15) is 43.6 Å². The van der Waals surface area contributed by atoms with Crippen molar-refractivity contribution in [3.63, 3.8) is 0 Å². The molecule has 2 aromatic rings. The van der Waals surface area contributed by atoms with Gasteiger partial charge in [-0.2, -0.15) is 0 Å². The molecule has 2 fully saturated rings. The van der Waals surface area contributed by atoms with Gasteiger partial charge in [0.15, 0.2) is 0 Å². The highest BCUT2D eigenvalue weighted by atomic mass is 35.5. The average Bonchev–Trinajstić information content (AvgIpc) is 3.16. The quantitative estimate of drug-likeness (QED) is 0.629. The lowest BCUT2D eigenvalue weighted by molar-refractivity contribution is 0.0156. The summed E-state index contributed by atoms with van der Waals surface area (Å²) in [7, 11) is -3.37. The molecule has 1 aliphatic carbocycles. The molecule has 0 bridgehead atoms. The lowest BCUT2D eigenvalue weighted by atomic mass is 9.83. The second-order valence-corrected chi connectivity index (χ2v) is 10.9. The number of sulfonamides is 1. The molecule has 0 spiro atoms. The number of halogens is 1. The van der Waals surface area contributed by atoms with Crippen LogP contribution >= 0.6 is 11.6 Å². The third kappa shape index (κ3) is 5.73. The van der Waals surface area contributed by atoms with Crippen molar-refractivity contribution in [1.29, 1.82) is 0 Å². The van der Waals surface area contributed by atoms with E-state index in [1.54, 1.807) is 0 Å². The molecule has 1 aliphatic heterocycles. The molecule has 4 rings (SSSR count). The van der Waals surface area contributed by atoms with Crippen molar-refractivity contribution in [2.75, 3.05) is 24.3 Å². The molecule has 1 aromatic carbocycles. The molecule has 9 heteroatoms. The van der Waals surface area contributed by atoms with E-state index in [1.807, 2.05) is 11.0 Å². The number of hydrogen-bond acceptors (Lipinski definition) is 6. The zero-order valence-corrected chi connectivity index (χ0v) is 19.7. The van der Waals surface area contributed by atoms with E-state index in [-0.39, 0.29) is 29.0 Å². The van der Waals surface area contributed by atoms with Crippen LogP contribution in [0.5, 0.6) is 5.75 Å². The monoisotopic (exact) mass is 479 g/mol. The fraction of sp³-hybridized carbons (Fsp3) is 0.522. The maximum atomic E-state index is 11.9. The zero-order valence-electron chi connectivity index (χ0n) is 18.2. The minimum Gasteiger partial charge on any atom is -0.506 e. The number of ether oxygens (including phenoxy) is 1. The standard InChI is InChI=1S/C23H30ClN3O4S/c1-32(29,30)26-20-11-12-27(23-13-22(28)19(24)14-25-23)21(20)15-31-18-9-7-17(8-10-18)16-5-3-2-4-6-16/h2-6,13-14,17-18,20-21,26H,7-12,15H2,1H3,(H,25,28)/t17?,18?,20-,21-/m0/s1. The summed E-state index contributed by atoms with van der Waals surface area (Å²) in [5.41, 5.74) is 1.39. The molecule has 1 aromatic heterocycles. The van der Waals surface area contributed by atoms with E-state index in [9.17, 15) is 13.5 Å². The first-order valence-corrected chi connectivity index (χ1v) is 13.3. The van der Waals surface area contributed by atoms with Crippen LogP contribution in [-0.2, 0) is 14.8 Å². The Morgan fingerprint density at radius 1 is 1.19 bits per heavy atom. The van der Waals surface area contributed by atoms with Gasteiger partial charge in [-0.25, -0.2) is 18.1 Å². The first-order valence-electron chi connectivity index (χ1n) is 11.0. The molecule has 0 unspecified atom stereocenters. The molecule has 32 heavy (non-hydrogen) atoms. The predicted molar refractivity (Wildman–Crippen MR) is 126 cm³/mol. The van der Waals surface area contributed by atoms with Gasteiger partial charge in [0, 0.05) is 18.7 Å². The van der Waals surface area contributed by atoms with Crippen LogP contribution in [-0.4, -0.2) is 56.1 Å². The molecule has 2 N–H and O–H groups in total. The number of pyridine rings is 1. The van der Waals surface area contributed by atoms with Crippen molar-refractivity contribution in [1.82, 2.24) is 9.71 Å². The lowest BCUT2D eigenvalue weighted by Crippen LogP contribution is -2.48. The van der Waals surface area contributed by atoms with Crippen LogP contribution in [0.4, 0.5) is 5.82 Å². The Labute approximate surface area is 194 Å². The van der Waals surface area contributed by atoms with Crippen molar-refractivity contribution in [3.8, 4) is 5.75 Å². The van der Waals surface area contributed by atoms with E-state index in [1.165, 1.54) is 24.1 Å². The molecule has 7 nitrogen and oxygen atoms in total. The van der Waals surface area contributed by atoms with Gasteiger partial charge in [0.05, 0.1) is 31.2 Å². The summed E-state index contributed by atoms with van der Waals surface area (Å²) in [5.74, 6) is 1.08. The molecule has 2 heterocycles. The van der Waals surface area contributed by atoms with Gasteiger partial charge in [-0.1, -0.05) is 41.9 Å². The number of nitrogens with zero attached hydrogens (tertiary/aromatic N) is 2. The Bertz CT molecular complexity index is 1010. The Morgan fingerprint density at radius 2 is 1.91 bits per heavy atom. The molecular weight excluding hydrogens is 450 g/mol.